The van der Waals surface area contributed by atoms with Crippen LogP contribution in [0.1, 0.15) is 82.5 Å². The maximum Gasteiger partial charge on any atom is 0.256 e. The molecule has 304 valence electrons. The van der Waals surface area contributed by atoms with Crippen LogP contribution in [0.2, 0.25) is 0 Å². The molecule has 1 saturated heterocycles. The molecule has 3 heterocycles. The molecule has 0 unspecified atom stereocenters. The summed E-state index contributed by atoms with van der Waals surface area (Å²) in [5.74, 6) is -5.11. The van der Waals surface area contributed by atoms with Crippen molar-refractivity contribution in [1.29, 1.82) is 0 Å². The van der Waals surface area contributed by atoms with Gasteiger partial charge in [0.25, 0.3) is 17.7 Å². The summed E-state index contributed by atoms with van der Waals surface area (Å²) in [7, 11) is 0. The lowest BCUT2D eigenvalue weighted by molar-refractivity contribution is -0.137. The van der Waals surface area contributed by atoms with Crippen molar-refractivity contribution < 1.29 is 47.1 Å². The van der Waals surface area contributed by atoms with E-state index in [-0.39, 0.29) is 90.7 Å². The van der Waals surface area contributed by atoms with Crippen LogP contribution in [-0.4, -0.2) is 95.2 Å². The van der Waals surface area contributed by atoms with E-state index in [1.54, 1.807) is 25.0 Å². The minimum Gasteiger partial charge on any atom is -0.490 e. The van der Waals surface area contributed by atoms with Gasteiger partial charge in [-0.1, -0.05) is 20.3 Å². The normalized spacial score (nSPS) is 16.9. The number of fused-ring (bicyclic) bond motifs is 2. The topological polar surface area (TPSA) is 196 Å². The van der Waals surface area contributed by atoms with Gasteiger partial charge in [-0.3, -0.25) is 43.5 Å². The Balaban J connectivity index is 1.04. The first-order chi connectivity index (χ1) is 27.2. The van der Waals surface area contributed by atoms with Gasteiger partial charge >= 0.3 is 0 Å². The number of rotatable bonds is 18. The van der Waals surface area contributed by atoms with Crippen molar-refractivity contribution in [2.75, 3.05) is 30.3 Å². The molecule has 0 spiro atoms. The van der Waals surface area contributed by atoms with Gasteiger partial charge in [0.1, 0.15) is 17.9 Å². The summed E-state index contributed by atoms with van der Waals surface area (Å²) >= 11 is 0. The highest BCUT2D eigenvalue weighted by Crippen LogP contribution is 2.33. The second-order valence-electron chi connectivity index (χ2n) is 14.5. The number of nitrogens with one attached hydrogen (secondary N) is 4. The average Bonchev–Trinajstić information content (AvgIpc) is 3.74. The quantitative estimate of drug-likeness (QED) is 0.128. The van der Waals surface area contributed by atoms with Crippen LogP contribution in [0.4, 0.5) is 25.8 Å². The van der Waals surface area contributed by atoms with Crippen LogP contribution < -0.4 is 26.0 Å². The van der Waals surface area contributed by atoms with Crippen molar-refractivity contribution in [3.05, 3.63) is 59.7 Å². The third-order valence-electron chi connectivity index (χ3n) is 9.74. The van der Waals surface area contributed by atoms with E-state index in [0.29, 0.717) is 31.5 Å². The number of carbonyl (C=O) groups excluding carboxylic acids is 7. The molecule has 15 nitrogen and oxygen atoms in total. The molecule has 17 heteroatoms. The fraction of sp³-hybridized carbons (Fsp3) is 0.450. The first-order valence-corrected chi connectivity index (χ1v) is 19.1. The van der Waals surface area contributed by atoms with Gasteiger partial charge in [-0.25, -0.2) is 8.78 Å². The highest BCUT2D eigenvalue weighted by Gasteiger charge is 2.33. The number of halogens is 2. The lowest BCUT2D eigenvalue weighted by Gasteiger charge is -2.24. The van der Waals surface area contributed by atoms with Gasteiger partial charge in [-0.2, -0.15) is 0 Å². The van der Waals surface area contributed by atoms with Gasteiger partial charge < -0.3 is 30.9 Å². The molecule has 7 amide bonds. The number of anilines is 2. The summed E-state index contributed by atoms with van der Waals surface area (Å²) in [5.41, 5.74) is 0.427. The fourth-order valence-corrected chi connectivity index (χ4v) is 6.56. The zero-order chi connectivity index (χ0) is 41.2. The molecule has 4 N–H and O–H groups in total. The highest BCUT2D eigenvalue weighted by atomic mass is 19.1. The molecule has 0 radical (unpaired) electrons. The predicted octanol–water partition coefficient (Wildman–Crippen LogP) is 4.15. The largest absolute Gasteiger partial charge is 0.490 e. The van der Waals surface area contributed by atoms with Gasteiger partial charge in [0.05, 0.1) is 29.6 Å². The first kappa shape index (κ1) is 42.1. The molecule has 57 heavy (non-hydrogen) atoms. The highest BCUT2D eigenvalue weighted by molar-refractivity contribution is 6.12. The predicted molar refractivity (Wildman–Crippen MR) is 206 cm³/mol. The van der Waals surface area contributed by atoms with E-state index in [2.05, 4.69) is 26.3 Å². The van der Waals surface area contributed by atoms with Crippen molar-refractivity contribution in [3.63, 3.8) is 0 Å². The van der Waals surface area contributed by atoms with Crippen molar-refractivity contribution in [2.45, 2.75) is 90.3 Å². The Morgan fingerprint density at radius 1 is 0.860 bits per heavy atom. The molecule has 2 aromatic rings. The molecule has 0 bridgehead atoms. The SMILES string of the molecule is CC(C)[C@H](NC(=O)CCCCCN1C(=O)C=CC1=O)C(=O)N[C@@H](C)C(=O)Nc1cc(NC(=O)CCCOc2cc3c(cc2F)C(=O)N2CCC[C@H]2C=N3)ccc1F. The lowest BCUT2D eigenvalue weighted by Crippen LogP contribution is -2.53. The van der Waals surface area contributed by atoms with Crippen LogP contribution in [0.15, 0.2) is 47.5 Å². The maximum absolute atomic E-state index is 14.9. The van der Waals surface area contributed by atoms with E-state index in [9.17, 15) is 42.3 Å². The summed E-state index contributed by atoms with van der Waals surface area (Å²) in [4.78, 5) is 94.7. The number of imide groups is 1. The number of amides is 7. The van der Waals surface area contributed by atoms with Crippen molar-refractivity contribution in [2.24, 2.45) is 10.9 Å². The van der Waals surface area contributed by atoms with Crippen LogP contribution in [0, 0.1) is 17.6 Å². The van der Waals surface area contributed by atoms with Crippen LogP contribution in [0.25, 0.3) is 0 Å². The van der Waals surface area contributed by atoms with Gasteiger partial charge in [0.15, 0.2) is 11.6 Å². The number of aliphatic imine (C=N–C) groups is 1. The van der Waals surface area contributed by atoms with Crippen molar-refractivity contribution >= 4 is 64.6 Å². The molecule has 1 fully saturated rings. The summed E-state index contributed by atoms with van der Waals surface area (Å²) < 4.78 is 35.1. The lowest BCUT2D eigenvalue weighted by atomic mass is 10.0. The monoisotopic (exact) mass is 791 g/mol. The Kier molecular flexibility index (Phi) is 14.2. The van der Waals surface area contributed by atoms with Crippen LogP contribution in [0.5, 0.6) is 5.75 Å². The molecular weight excluding hydrogens is 744 g/mol. The number of benzene rings is 2. The molecule has 0 aliphatic carbocycles. The van der Waals surface area contributed by atoms with E-state index < -0.39 is 41.4 Å². The minimum absolute atomic E-state index is 0.0173. The average molecular weight is 792 g/mol. The molecule has 5 rings (SSSR count). The number of carbonyl (C=O) groups is 7. The van der Waals surface area contributed by atoms with Gasteiger partial charge in [-0.15, -0.1) is 0 Å². The Bertz CT molecular complexity index is 1950. The van der Waals surface area contributed by atoms with Crippen LogP contribution >= 0.6 is 0 Å². The number of hydrogen-bond donors (Lipinski definition) is 4. The summed E-state index contributed by atoms with van der Waals surface area (Å²) in [6.07, 6.45) is 7.64. The third-order valence-corrected chi connectivity index (χ3v) is 9.74. The van der Waals surface area contributed by atoms with E-state index in [0.717, 1.165) is 29.9 Å². The molecular formula is C40H47F2N7O8. The summed E-state index contributed by atoms with van der Waals surface area (Å²) in [5, 5.41) is 10.3. The molecule has 3 aliphatic rings. The van der Waals surface area contributed by atoms with Crippen molar-refractivity contribution in [3.8, 4) is 5.75 Å². The zero-order valence-corrected chi connectivity index (χ0v) is 32.1. The minimum atomic E-state index is -1.13. The van der Waals surface area contributed by atoms with E-state index in [4.69, 9.17) is 4.74 Å². The van der Waals surface area contributed by atoms with E-state index in [1.165, 1.54) is 37.3 Å². The van der Waals surface area contributed by atoms with Crippen LogP contribution in [0.3, 0.4) is 0 Å². The van der Waals surface area contributed by atoms with Crippen LogP contribution in [-0.2, 0) is 28.8 Å². The van der Waals surface area contributed by atoms with E-state index >= 15 is 0 Å². The first-order valence-electron chi connectivity index (χ1n) is 19.1. The van der Waals surface area contributed by atoms with E-state index in [1.807, 2.05) is 0 Å². The summed E-state index contributed by atoms with van der Waals surface area (Å²) in [6, 6.07) is 3.89. The smallest absolute Gasteiger partial charge is 0.256 e. The molecule has 0 saturated carbocycles. The Labute approximate surface area is 328 Å². The molecule has 0 aromatic heterocycles. The summed E-state index contributed by atoms with van der Waals surface area (Å²) in [6.45, 7) is 5.69. The standard InChI is InChI=1S/C40H47F2N7O8/c1-23(2)37(47-34(51)10-5-4-6-16-49-35(52)14-15-36(49)53)39(55)44-24(3)38(54)46-31-19-25(12-13-28(31)41)45-33(50)11-8-18-57-32-21-30-27(20-29(32)42)40(56)48-17-7-9-26(48)22-43-30/h12-15,19-24,26,37H,4-11,16-18H2,1-3H3,(H,44,55)(H,45,50)(H,46,54)(H,47,51)/t24-,26-,37-/m0/s1. The zero-order valence-electron chi connectivity index (χ0n) is 32.1. The second-order valence-corrected chi connectivity index (χ2v) is 14.5. The number of hydrogen-bond acceptors (Lipinski definition) is 9. The fourth-order valence-electron chi connectivity index (χ4n) is 6.56. The van der Waals surface area contributed by atoms with Gasteiger partial charge in [-0.05, 0) is 69.2 Å². The Morgan fingerprint density at radius 3 is 2.33 bits per heavy atom. The second kappa shape index (κ2) is 19.2. The van der Waals surface area contributed by atoms with Gasteiger partial charge in [0, 0.05) is 56.1 Å². The third kappa shape index (κ3) is 11.1. The Morgan fingerprint density at radius 2 is 1.60 bits per heavy atom. The number of unbranched alkanes of at least 4 members (excludes halogenated alkanes) is 2. The Hall–Kier alpha value is -6.00. The number of ether oxygens (including phenoxy) is 1. The van der Waals surface area contributed by atoms with Gasteiger partial charge in [0.2, 0.25) is 23.6 Å². The molecule has 3 aliphatic heterocycles. The molecule has 2 aromatic carbocycles. The maximum atomic E-state index is 14.9. The number of nitrogens with zero attached hydrogens (tertiary/aromatic N) is 3. The molecule has 3 atom stereocenters. The van der Waals surface area contributed by atoms with Crippen molar-refractivity contribution in [1.82, 2.24) is 20.4 Å².